The second kappa shape index (κ2) is 14.6. The molecule has 40 heavy (non-hydrogen) atoms. The topological polar surface area (TPSA) is 58.6 Å². The lowest BCUT2D eigenvalue weighted by Gasteiger charge is -2.33. The van der Waals surface area contributed by atoms with Crippen LogP contribution in [0, 0.1) is 0 Å². The van der Waals surface area contributed by atoms with Crippen LogP contribution in [0.3, 0.4) is 0 Å². The van der Waals surface area contributed by atoms with Crippen LogP contribution in [0.25, 0.3) is 0 Å². The molecule has 0 aromatic heterocycles. The highest BCUT2D eigenvalue weighted by atomic mass is 35.5. The van der Waals surface area contributed by atoms with E-state index in [2.05, 4.69) is 19.2 Å². The van der Waals surface area contributed by atoms with Crippen LogP contribution in [-0.2, 0) is 22.6 Å². The number of ether oxygens (including phenoxy) is 1. The van der Waals surface area contributed by atoms with Gasteiger partial charge in [0, 0.05) is 29.1 Å². The maximum absolute atomic E-state index is 13.9. The van der Waals surface area contributed by atoms with Gasteiger partial charge in [0.25, 0.3) is 5.91 Å². The Morgan fingerprint density at radius 3 is 2.30 bits per heavy atom. The fraction of sp³-hybridized carbons (Fsp3) is 0.394. The Bertz CT molecular complexity index is 1260. The number of carbonyl (C=O) groups excluding carboxylic acids is 2. The van der Waals surface area contributed by atoms with Gasteiger partial charge in [0.05, 0.1) is 0 Å². The largest absolute Gasteiger partial charge is 0.484 e. The van der Waals surface area contributed by atoms with Gasteiger partial charge in [-0.15, -0.1) is 0 Å². The van der Waals surface area contributed by atoms with E-state index in [9.17, 15) is 9.59 Å². The standard InChI is InChI=1S/C33H38Cl2N2O3/c1-23(2)25-14-17-29(18-15-25)40-22-32(38)37(21-26-13-16-27(34)20-30(26)35)31(19-24-9-5-3-6-10-24)33(39)36-28-11-7-4-8-12-28/h3,5-6,9-10,13-18,20,23,28,31H,4,7-8,11-12,19,21-22H2,1-2H3,(H,36,39). The predicted molar refractivity (Wildman–Crippen MR) is 162 cm³/mol. The molecule has 0 spiro atoms. The fourth-order valence-corrected chi connectivity index (χ4v) is 5.58. The van der Waals surface area contributed by atoms with Crippen LogP contribution in [0.2, 0.25) is 10.0 Å². The van der Waals surface area contributed by atoms with Crippen molar-refractivity contribution in [1.82, 2.24) is 10.2 Å². The van der Waals surface area contributed by atoms with Crippen molar-refractivity contribution in [2.45, 2.75) is 76.9 Å². The van der Waals surface area contributed by atoms with E-state index in [4.69, 9.17) is 27.9 Å². The average Bonchev–Trinajstić information content (AvgIpc) is 2.96. The molecule has 3 aromatic carbocycles. The molecule has 0 heterocycles. The summed E-state index contributed by atoms with van der Waals surface area (Å²) in [6.07, 6.45) is 5.67. The average molecular weight is 582 g/mol. The Labute approximate surface area is 247 Å². The smallest absolute Gasteiger partial charge is 0.261 e. The molecular weight excluding hydrogens is 543 g/mol. The molecule has 0 bridgehead atoms. The third-order valence-corrected chi connectivity index (χ3v) is 8.07. The molecule has 1 atom stereocenters. The lowest BCUT2D eigenvalue weighted by Crippen LogP contribution is -2.53. The van der Waals surface area contributed by atoms with E-state index >= 15 is 0 Å². The maximum atomic E-state index is 13.9. The van der Waals surface area contributed by atoms with Crippen LogP contribution in [0.1, 0.15) is 68.6 Å². The Kier molecular flexibility index (Phi) is 10.9. The van der Waals surface area contributed by atoms with Crippen molar-refractivity contribution in [3.63, 3.8) is 0 Å². The Balaban J connectivity index is 1.61. The highest BCUT2D eigenvalue weighted by Crippen LogP contribution is 2.25. The summed E-state index contributed by atoms with van der Waals surface area (Å²) in [5.41, 5.74) is 2.88. The van der Waals surface area contributed by atoms with E-state index in [1.165, 1.54) is 12.0 Å². The molecule has 1 aliphatic carbocycles. The van der Waals surface area contributed by atoms with Crippen LogP contribution in [0.5, 0.6) is 5.75 Å². The van der Waals surface area contributed by atoms with Gasteiger partial charge >= 0.3 is 0 Å². The van der Waals surface area contributed by atoms with Gasteiger partial charge in [-0.05, 0) is 59.7 Å². The summed E-state index contributed by atoms with van der Waals surface area (Å²) in [7, 11) is 0. The first-order chi connectivity index (χ1) is 19.3. The maximum Gasteiger partial charge on any atom is 0.261 e. The van der Waals surface area contributed by atoms with E-state index in [1.54, 1.807) is 23.1 Å². The molecule has 1 N–H and O–H groups in total. The second-order valence-electron chi connectivity index (χ2n) is 10.8. The third-order valence-electron chi connectivity index (χ3n) is 7.49. The van der Waals surface area contributed by atoms with Gasteiger partial charge in [-0.2, -0.15) is 0 Å². The molecule has 7 heteroatoms. The van der Waals surface area contributed by atoms with Gasteiger partial charge in [-0.25, -0.2) is 0 Å². The van der Waals surface area contributed by atoms with Gasteiger partial charge in [0.15, 0.2) is 6.61 Å². The molecule has 3 aromatic rings. The van der Waals surface area contributed by atoms with Gasteiger partial charge in [0.2, 0.25) is 5.91 Å². The Morgan fingerprint density at radius 1 is 0.950 bits per heavy atom. The summed E-state index contributed by atoms with van der Waals surface area (Å²) in [6, 6.07) is 22.1. The molecule has 1 aliphatic rings. The van der Waals surface area contributed by atoms with E-state index < -0.39 is 6.04 Å². The van der Waals surface area contributed by atoms with Crippen molar-refractivity contribution >= 4 is 35.0 Å². The minimum atomic E-state index is -0.740. The van der Waals surface area contributed by atoms with Gasteiger partial charge < -0.3 is 15.0 Å². The highest BCUT2D eigenvalue weighted by molar-refractivity contribution is 6.35. The number of benzene rings is 3. The highest BCUT2D eigenvalue weighted by Gasteiger charge is 2.32. The van der Waals surface area contributed by atoms with E-state index in [0.717, 1.165) is 31.2 Å². The van der Waals surface area contributed by atoms with E-state index in [-0.39, 0.29) is 31.0 Å². The number of carbonyl (C=O) groups is 2. The number of nitrogens with zero attached hydrogens (tertiary/aromatic N) is 1. The van der Waals surface area contributed by atoms with Crippen molar-refractivity contribution in [3.8, 4) is 5.75 Å². The van der Waals surface area contributed by atoms with Gasteiger partial charge in [-0.3, -0.25) is 9.59 Å². The summed E-state index contributed by atoms with van der Waals surface area (Å²) >= 11 is 12.7. The zero-order valence-corrected chi connectivity index (χ0v) is 24.8. The minimum Gasteiger partial charge on any atom is -0.484 e. The minimum absolute atomic E-state index is 0.117. The van der Waals surface area contributed by atoms with E-state index in [0.29, 0.717) is 33.7 Å². The number of amides is 2. The molecule has 1 fully saturated rings. The third kappa shape index (κ3) is 8.49. The Hall–Kier alpha value is -3.02. The van der Waals surface area contributed by atoms with Crippen molar-refractivity contribution in [2.75, 3.05) is 6.61 Å². The van der Waals surface area contributed by atoms with Crippen LogP contribution >= 0.6 is 23.2 Å². The number of hydrogen-bond acceptors (Lipinski definition) is 3. The summed E-state index contributed by atoms with van der Waals surface area (Å²) in [5, 5.41) is 4.20. The number of rotatable bonds is 11. The fourth-order valence-electron chi connectivity index (χ4n) is 5.11. The van der Waals surface area contributed by atoms with Gasteiger partial charge in [0.1, 0.15) is 11.8 Å². The number of nitrogens with one attached hydrogen (secondary N) is 1. The van der Waals surface area contributed by atoms with Crippen molar-refractivity contribution in [1.29, 1.82) is 0 Å². The molecule has 212 valence electrons. The van der Waals surface area contributed by atoms with Crippen molar-refractivity contribution < 1.29 is 14.3 Å². The molecule has 4 rings (SSSR count). The van der Waals surface area contributed by atoms with Crippen molar-refractivity contribution in [2.24, 2.45) is 0 Å². The second-order valence-corrected chi connectivity index (χ2v) is 11.7. The molecule has 0 aliphatic heterocycles. The number of halogens is 2. The molecule has 1 saturated carbocycles. The lowest BCUT2D eigenvalue weighted by molar-refractivity contribution is -0.143. The first-order valence-corrected chi connectivity index (χ1v) is 14.9. The lowest BCUT2D eigenvalue weighted by atomic mass is 9.94. The zero-order chi connectivity index (χ0) is 28.5. The first kappa shape index (κ1) is 30.0. The SMILES string of the molecule is CC(C)c1ccc(OCC(=O)N(Cc2ccc(Cl)cc2Cl)C(Cc2ccccc2)C(=O)NC2CCCCC2)cc1. The van der Waals surface area contributed by atoms with E-state index in [1.807, 2.05) is 54.6 Å². The molecule has 1 unspecified atom stereocenters. The van der Waals surface area contributed by atoms with Crippen LogP contribution in [0.15, 0.2) is 72.8 Å². The molecule has 2 amide bonds. The summed E-state index contributed by atoms with van der Waals surface area (Å²) < 4.78 is 5.92. The first-order valence-electron chi connectivity index (χ1n) is 14.1. The quantitative estimate of drug-likeness (QED) is 0.254. The van der Waals surface area contributed by atoms with Crippen LogP contribution in [0.4, 0.5) is 0 Å². The summed E-state index contributed by atoms with van der Waals surface area (Å²) in [4.78, 5) is 29.3. The normalized spacial score (nSPS) is 14.5. The zero-order valence-electron chi connectivity index (χ0n) is 23.2. The molecule has 0 saturated heterocycles. The van der Waals surface area contributed by atoms with Crippen LogP contribution < -0.4 is 10.1 Å². The predicted octanol–water partition coefficient (Wildman–Crippen LogP) is 7.58. The molecule has 0 radical (unpaired) electrons. The van der Waals surface area contributed by atoms with Crippen LogP contribution in [-0.4, -0.2) is 35.4 Å². The Morgan fingerprint density at radius 2 is 1.65 bits per heavy atom. The molecular formula is C33H38Cl2N2O3. The monoisotopic (exact) mass is 580 g/mol. The number of hydrogen-bond donors (Lipinski definition) is 1. The summed E-state index contributed by atoms with van der Waals surface area (Å²) in [5.74, 6) is 0.555. The molecule has 5 nitrogen and oxygen atoms in total. The van der Waals surface area contributed by atoms with Crippen molar-refractivity contribution in [3.05, 3.63) is 99.5 Å². The van der Waals surface area contributed by atoms with Gasteiger partial charge in [-0.1, -0.05) is 105 Å². The summed E-state index contributed by atoms with van der Waals surface area (Å²) in [6.45, 7) is 4.21.